The van der Waals surface area contributed by atoms with Crippen LogP contribution in [0.1, 0.15) is 66.2 Å². The Morgan fingerprint density at radius 3 is 1.92 bits per heavy atom. The molecule has 4 heteroatoms. The van der Waals surface area contributed by atoms with Crippen LogP contribution in [0, 0.1) is 5.92 Å². The average molecular weight is 367 g/mol. The Kier molecular flexibility index (Phi) is 9.90. The molecule has 3 aliphatic heterocycles. The highest BCUT2D eigenvalue weighted by molar-refractivity contribution is 4.86. The van der Waals surface area contributed by atoms with Crippen molar-refractivity contribution in [2.45, 2.75) is 84.3 Å². The molecule has 0 unspecified atom stereocenters. The second-order valence-electron chi connectivity index (χ2n) is 8.91. The third-order valence-corrected chi connectivity index (χ3v) is 6.53. The summed E-state index contributed by atoms with van der Waals surface area (Å²) in [4.78, 5) is 8.05. The Morgan fingerprint density at radius 2 is 1.38 bits per heavy atom. The highest BCUT2D eigenvalue weighted by Gasteiger charge is 2.29. The van der Waals surface area contributed by atoms with Crippen molar-refractivity contribution < 1.29 is 0 Å². The minimum absolute atomic E-state index is 0.629. The van der Waals surface area contributed by atoms with Gasteiger partial charge >= 0.3 is 0 Å². The molecule has 0 radical (unpaired) electrons. The van der Waals surface area contributed by atoms with Gasteiger partial charge in [-0.15, -0.1) is 0 Å². The molecule has 0 bridgehead atoms. The summed E-state index contributed by atoms with van der Waals surface area (Å²) in [7, 11) is 2.27. The van der Waals surface area contributed by atoms with Gasteiger partial charge in [-0.1, -0.05) is 27.7 Å². The summed E-state index contributed by atoms with van der Waals surface area (Å²) in [6.07, 6.45) is 8.30. The van der Waals surface area contributed by atoms with Gasteiger partial charge in [0, 0.05) is 24.7 Å². The summed E-state index contributed by atoms with van der Waals surface area (Å²) in [5.74, 6) is 0.954. The van der Waals surface area contributed by atoms with Crippen LogP contribution in [-0.2, 0) is 0 Å². The largest absolute Gasteiger partial charge is 0.312 e. The highest BCUT2D eigenvalue weighted by atomic mass is 15.2. The number of hydrogen-bond acceptors (Lipinski definition) is 4. The number of nitrogens with zero attached hydrogens (tertiary/aromatic N) is 3. The van der Waals surface area contributed by atoms with Crippen LogP contribution in [0.3, 0.4) is 0 Å². The summed E-state index contributed by atoms with van der Waals surface area (Å²) >= 11 is 0. The van der Waals surface area contributed by atoms with Gasteiger partial charge in [-0.25, -0.2) is 0 Å². The first kappa shape index (κ1) is 22.1. The van der Waals surface area contributed by atoms with E-state index in [-0.39, 0.29) is 0 Å². The minimum atomic E-state index is 0.629. The lowest BCUT2D eigenvalue weighted by atomic mass is 9.94. The predicted molar refractivity (Wildman–Crippen MR) is 114 cm³/mol. The van der Waals surface area contributed by atoms with Crippen molar-refractivity contribution in [3.63, 3.8) is 0 Å². The van der Waals surface area contributed by atoms with Gasteiger partial charge in [0.1, 0.15) is 0 Å². The van der Waals surface area contributed by atoms with E-state index in [9.17, 15) is 0 Å². The Bertz CT molecular complexity index is 349. The lowest BCUT2D eigenvalue weighted by molar-refractivity contribution is 0.0701. The van der Waals surface area contributed by atoms with Gasteiger partial charge in [-0.05, 0) is 90.8 Å². The van der Waals surface area contributed by atoms with Crippen molar-refractivity contribution >= 4 is 0 Å². The fourth-order valence-corrected chi connectivity index (χ4v) is 4.98. The van der Waals surface area contributed by atoms with Gasteiger partial charge in [0.15, 0.2) is 0 Å². The molecule has 0 amide bonds. The zero-order valence-electron chi connectivity index (χ0n) is 18.3. The molecular weight excluding hydrogens is 320 g/mol. The van der Waals surface area contributed by atoms with Crippen LogP contribution < -0.4 is 5.32 Å². The third kappa shape index (κ3) is 7.10. The SMILES string of the molecule is CC.CC(C)NC1CCN(C2CCN(CC3CCN(C)CC3)CC2)CC1. The third-order valence-electron chi connectivity index (χ3n) is 6.53. The first-order valence-electron chi connectivity index (χ1n) is 11.5. The molecule has 0 aliphatic carbocycles. The maximum Gasteiger partial charge on any atom is 0.0120 e. The molecule has 3 fully saturated rings. The molecule has 0 spiro atoms. The molecule has 0 saturated carbocycles. The normalized spacial score (nSPS) is 26.1. The molecule has 3 aliphatic rings. The standard InChI is InChI=1S/C20H40N4.C2H6/c1-17(2)21-19-6-14-24(15-7-19)20-8-12-23(13-9-20)16-18-4-10-22(3)11-5-18;1-2/h17-21H,4-16H2,1-3H3;1-2H3. The van der Waals surface area contributed by atoms with Gasteiger partial charge in [0.05, 0.1) is 0 Å². The summed E-state index contributed by atoms with van der Waals surface area (Å²) in [5, 5.41) is 3.72. The van der Waals surface area contributed by atoms with Crippen molar-refractivity contribution in [1.29, 1.82) is 0 Å². The van der Waals surface area contributed by atoms with Crippen LogP contribution in [0.25, 0.3) is 0 Å². The van der Waals surface area contributed by atoms with E-state index < -0.39 is 0 Å². The van der Waals surface area contributed by atoms with Gasteiger partial charge in [-0.2, -0.15) is 0 Å². The fourth-order valence-electron chi connectivity index (χ4n) is 4.98. The Labute approximate surface area is 163 Å². The zero-order chi connectivity index (χ0) is 18.9. The fraction of sp³-hybridized carbons (Fsp3) is 1.00. The smallest absolute Gasteiger partial charge is 0.0120 e. The van der Waals surface area contributed by atoms with E-state index in [4.69, 9.17) is 0 Å². The zero-order valence-corrected chi connectivity index (χ0v) is 18.3. The molecular formula is C22H46N4. The molecule has 4 nitrogen and oxygen atoms in total. The summed E-state index contributed by atoms with van der Waals surface area (Å²) < 4.78 is 0. The monoisotopic (exact) mass is 366 g/mol. The van der Waals surface area contributed by atoms with Crippen molar-refractivity contribution in [2.75, 3.05) is 52.9 Å². The van der Waals surface area contributed by atoms with Gasteiger partial charge in [-0.3, -0.25) is 0 Å². The van der Waals surface area contributed by atoms with E-state index in [1.165, 1.54) is 84.3 Å². The molecule has 0 aromatic heterocycles. The highest BCUT2D eigenvalue weighted by Crippen LogP contribution is 2.24. The van der Waals surface area contributed by atoms with Crippen molar-refractivity contribution in [1.82, 2.24) is 20.0 Å². The topological polar surface area (TPSA) is 21.8 Å². The summed E-state index contributed by atoms with van der Waals surface area (Å²) in [6, 6.07) is 2.24. The molecule has 0 aromatic carbocycles. The second kappa shape index (κ2) is 11.6. The number of rotatable bonds is 5. The maximum atomic E-state index is 3.72. The first-order valence-corrected chi connectivity index (χ1v) is 11.5. The average Bonchev–Trinajstić information content (AvgIpc) is 2.66. The molecule has 0 atom stereocenters. The Morgan fingerprint density at radius 1 is 0.808 bits per heavy atom. The van der Waals surface area contributed by atoms with Gasteiger partial charge in [0.25, 0.3) is 0 Å². The molecule has 154 valence electrons. The van der Waals surface area contributed by atoms with E-state index in [1.807, 2.05) is 13.8 Å². The minimum Gasteiger partial charge on any atom is -0.312 e. The lowest BCUT2D eigenvalue weighted by Crippen LogP contribution is -2.51. The number of hydrogen-bond donors (Lipinski definition) is 1. The Balaban J connectivity index is 0.00000117. The number of nitrogens with one attached hydrogen (secondary N) is 1. The Hall–Kier alpha value is -0.160. The van der Waals surface area contributed by atoms with E-state index in [2.05, 4.69) is 40.9 Å². The van der Waals surface area contributed by atoms with Crippen molar-refractivity contribution in [3.8, 4) is 0 Å². The van der Waals surface area contributed by atoms with E-state index in [1.54, 1.807) is 0 Å². The molecule has 0 aromatic rings. The van der Waals surface area contributed by atoms with Crippen LogP contribution in [0.4, 0.5) is 0 Å². The van der Waals surface area contributed by atoms with Crippen LogP contribution in [0.15, 0.2) is 0 Å². The van der Waals surface area contributed by atoms with E-state index in [0.717, 1.165) is 18.0 Å². The molecule has 3 saturated heterocycles. The van der Waals surface area contributed by atoms with Crippen molar-refractivity contribution in [2.24, 2.45) is 5.92 Å². The summed E-state index contributed by atoms with van der Waals surface area (Å²) in [6.45, 7) is 17.8. The maximum absolute atomic E-state index is 3.72. The van der Waals surface area contributed by atoms with Crippen LogP contribution in [0.2, 0.25) is 0 Å². The number of piperidine rings is 3. The van der Waals surface area contributed by atoms with Crippen molar-refractivity contribution in [3.05, 3.63) is 0 Å². The van der Waals surface area contributed by atoms with Crippen LogP contribution >= 0.6 is 0 Å². The quantitative estimate of drug-likeness (QED) is 0.806. The number of likely N-dealkylation sites (tertiary alicyclic amines) is 3. The van der Waals surface area contributed by atoms with E-state index >= 15 is 0 Å². The van der Waals surface area contributed by atoms with Crippen LogP contribution in [0.5, 0.6) is 0 Å². The molecule has 26 heavy (non-hydrogen) atoms. The second-order valence-corrected chi connectivity index (χ2v) is 8.91. The molecule has 3 rings (SSSR count). The van der Waals surface area contributed by atoms with Gasteiger partial charge < -0.3 is 20.0 Å². The van der Waals surface area contributed by atoms with Gasteiger partial charge in [0.2, 0.25) is 0 Å². The van der Waals surface area contributed by atoms with E-state index in [0.29, 0.717) is 6.04 Å². The van der Waals surface area contributed by atoms with Crippen LogP contribution in [-0.4, -0.2) is 85.7 Å². The summed E-state index contributed by atoms with van der Waals surface area (Å²) in [5.41, 5.74) is 0. The molecule has 1 N–H and O–H groups in total. The first-order chi connectivity index (χ1) is 12.6. The molecule has 3 heterocycles. The predicted octanol–water partition coefficient (Wildman–Crippen LogP) is 3.28. The lowest BCUT2D eigenvalue weighted by Gasteiger charge is -2.43.